The number of unbranched alkanes of at least 4 members (excludes halogenated alkanes) is 2. The number of benzene rings is 1. The number of halogens is 1. The summed E-state index contributed by atoms with van der Waals surface area (Å²) in [5, 5.41) is 0. The van der Waals surface area contributed by atoms with Gasteiger partial charge in [-0.25, -0.2) is 4.39 Å². The minimum absolute atomic E-state index is 0.0789. The molecule has 2 saturated carbocycles. The van der Waals surface area contributed by atoms with Crippen molar-refractivity contribution in [2.45, 2.75) is 122 Å². The number of rotatable bonds is 11. The minimum Gasteiger partial charge on any atom is -0.493 e. The van der Waals surface area contributed by atoms with Gasteiger partial charge < -0.3 is 4.74 Å². The third-order valence-electron chi connectivity index (χ3n) is 8.40. The van der Waals surface area contributed by atoms with Crippen LogP contribution in [0.4, 0.5) is 4.39 Å². The van der Waals surface area contributed by atoms with E-state index in [1.165, 1.54) is 89.9 Å². The molecule has 0 aliphatic heterocycles. The molecule has 31 heavy (non-hydrogen) atoms. The predicted molar refractivity (Wildman–Crippen MR) is 130 cm³/mol. The molecule has 0 heterocycles. The maximum Gasteiger partial charge on any atom is 0.168 e. The normalized spacial score (nSPS) is 26.7. The predicted octanol–water partition coefficient (Wildman–Crippen LogP) is 9.23. The lowest BCUT2D eigenvalue weighted by molar-refractivity contribution is 0.251. The Labute approximate surface area is 191 Å². The first-order valence-corrected chi connectivity index (χ1v) is 13.5. The van der Waals surface area contributed by atoms with E-state index in [9.17, 15) is 0 Å². The third-order valence-corrected chi connectivity index (χ3v) is 8.40. The van der Waals surface area contributed by atoms with E-state index in [2.05, 4.69) is 26.0 Å². The summed E-state index contributed by atoms with van der Waals surface area (Å²) in [6.07, 6.45) is 20.5. The molecule has 0 aromatic heterocycles. The van der Waals surface area contributed by atoms with Crippen molar-refractivity contribution < 1.29 is 9.13 Å². The highest BCUT2D eigenvalue weighted by Gasteiger charge is 2.27. The van der Waals surface area contributed by atoms with Gasteiger partial charge in [0.05, 0.1) is 7.11 Å². The van der Waals surface area contributed by atoms with Gasteiger partial charge in [-0.2, -0.15) is 0 Å². The molecule has 0 saturated heterocycles. The van der Waals surface area contributed by atoms with Crippen molar-refractivity contribution in [1.82, 2.24) is 0 Å². The molecule has 2 heteroatoms. The lowest BCUT2D eigenvalue weighted by Gasteiger charge is -2.30. The Kier molecular flexibility index (Phi) is 10.2. The van der Waals surface area contributed by atoms with Gasteiger partial charge in [-0.15, -0.1) is 0 Å². The van der Waals surface area contributed by atoms with E-state index in [-0.39, 0.29) is 5.82 Å². The van der Waals surface area contributed by atoms with E-state index in [1.54, 1.807) is 7.11 Å². The van der Waals surface area contributed by atoms with E-state index >= 15 is 4.39 Å². The van der Waals surface area contributed by atoms with E-state index in [0.717, 1.165) is 41.7 Å². The van der Waals surface area contributed by atoms with Crippen molar-refractivity contribution in [3.63, 3.8) is 0 Å². The van der Waals surface area contributed by atoms with E-state index in [4.69, 9.17) is 4.74 Å². The standard InChI is InChI=1S/C29H47FO/c1-4-6-7-9-23-14-17-25(18-15-23)27-21-20-26(28(30)29(27)31-3)19-16-24-12-10-22(8-5-2)11-13-24/h20-25H,4-19H2,1-3H3. The van der Waals surface area contributed by atoms with Gasteiger partial charge in [0.1, 0.15) is 0 Å². The van der Waals surface area contributed by atoms with Crippen LogP contribution in [-0.2, 0) is 6.42 Å². The zero-order valence-electron chi connectivity index (χ0n) is 20.6. The van der Waals surface area contributed by atoms with Gasteiger partial charge in [0.25, 0.3) is 0 Å². The molecule has 2 aliphatic carbocycles. The summed E-state index contributed by atoms with van der Waals surface area (Å²) in [6, 6.07) is 4.26. The number of methoxy groups -OCH3 is 1. The van der Waals surface area contributed by atoms with Crippen LogP contribution in [0.15, 0.2) is 12.1 Å². The minimum atomic E-state index is -0.0789. The molecule has 0 radical (unpaired) electrons. The highest BCUT2D eigenvalue weighted by Crippen LogP contribution is 2.43. The summed E-state index contributed by atoms with van der Waals surface area (Å²) in [5.41, 5.74) is 1.99. The molecular formula is C29H47FO. The Hall–Kier alpha value is -1.05. The second-order valence-corrected chi connectivity index (χ2v) is 10.6. The highest BCUT2D eigenvalue weighted by molar-refractivity contribution is 5.42. The highest BCUT2D eigenvalue weighted by atomic mass is 19.1. The van der Waals surface area contributed by atoms with Crippen LogP contribution in [0.2, 0.25) is 0 Å². The molecule has 3 rings (SSSR count). The molecule has 1 nitrogen and oxygen atoms in total. The molecule has 2 fully saturated rings. The average molecular weight is 431 g/mol. The quantitative estimate of drug-likeness (QED) is 0.318. The Balaban J connectivity index is 1.53. The number of ether oxygens (including phenoxy) is 1. The van der Waals surface area contributed by atoms with Crippen molar-refractivity contribution >= 4 is 0 Å². The topological polar surface area (TPSA) is 9.23 Å². The van der Waals surface area contributed by atoms with Crippen LogP contribution < -0.4 is 4.74 Å². The first kappa shape index (κ1) is 24.6. The lowest BCUT2D eigenvalue weighted by Crippen LogP contribution is -2.16. The smallest absolute Gasteiger partial charge is 0.168 e. The monoisotopic (exact) mass is 430 g/mol. The summed E-state index contributed by atoms with van der Waals surface area (Å²) >= 11 is 0. The van der Waals surface area contributed by atoms with Gasteiger partial charge in [-0.3, -0.25) is 0 Å². The second kappa shape index (κ2) is 12.9. The molecule has 0 N–H and O–H groups in total. The first-order chi connectivity index (χ1) is 15.2. The fourth-order valence-corrected chi connectivity index (χ4v) is 6.36. The maximum absolute atomic E-state index is 15.4. The van der Waals surface area contributed by atoms with E-state index in [1.807, 2.05) is 0 Å². The molecule has 0 unspecified atom stereocenters. The van der Waals surface area contributed by atoms with Crippen molar-refractivity contribution in [3.05, 3.63) is 29.1 Å². The SMILES string of the molecule is CCCCCC1CCC(c2ccc(CCC3CCC(CCC)CC3)c(F)c2OC)CC1. The zero-order chi connectivity index (χ0) is 22.1. The van der Waals surface area contributed by atoms with Crippen LogP contribution in [0.5, 0.6) is 5.75 Å². The summed E-state index contributed by atoms with van der Waals surface area (Å²) in [7, 11) is 1.65. The number of hydrogen-bond acceptors (Lipinski definition) is 1. The summed E-state index contributed by atoms with van der Waals surface area (Å²) in [6.45, 7) is 4.57. The molecule has 0 atom stereocenters. The molecule has 1 aromatic rings. The van der Waals surface area contributed by atoms with Crippen molar-refractivity contribution in [2.75, 3.05) is 7.11 Å². The van der Waals surface area contributed by atoms with Crippen LogP contribution in [0.25, 0.3) is 0 Å². The summed E-state index contributed by atoms with van der Waals surface area (Å²) in [5.74, 6) is 3.53. The maximum atomic E-state index is 15.4. The molecule has 176 valence electrons. The van der Waals surface area contributed by atoms with Crippen LogP contribution in [-0.4, -0.2) is 7.11 Å². The van der Waals surface area contributed by atoms with Crippen molar-refractivity contribution in [2.24, 2.45) is 17.8 Å². The third kappa shape index (κ3) is 6.96. The van der Waals surface area contributed by atoms with Gasteiger partial charge in [-0.05, 0) is 67.8 Å². The largest absolute Gasteiger partial charge is 0.493 e. The molecule has 0 bridgehead atoms. The summed E-state index contributed by atoms with van der Waals surface area (Å²) < 4.78 is 21.0. The van der Waals surface area contributed by atoms with Crippen LogP contribution in [0.3, 0.4) is 0 Å². The Morgan fingerprint density at radius 1 is 0.774 bits per heavy atom. The van der Waals surface area contributed by atoms with Crippen molar-refractivity contribution in [1.29, 1.82) is 0 Å². The van der Waals surface area contributed by atoms with Gasteiger partial charge >= 0.3 is 0 Å². The van der Waals surface area contributed by atoms with Gasteiger partial charge in [0.15, 0.2) is 11.6 Å². The van der Waals surface area contributed by atoms with E-state index < -0.39 is 0 Å². The number of hydrogen-bond donors (Lipinski definition) is 0. The molecule has 2 aliphatic rings. The molecule has 1 aromatic carbocycles. The molecule has 0 amide bonds. The van der Waals surface area contributed by atoms with Gasteiger partial charge in [-0.1, -0.05) is 90.2 Å². The summed E-state index contributed by atoms with van der Waals surface area (Å²) in [4.78, 5) is 0. The Morgan fingerprint density at radius 3 is 2.00 bits per heavy atom. The molecular weight excluding hydrogens is 383 g/mol. The lowest BCUT2D eigenvalue weighted by atomic mass is 9.76. The fraction of sp³-hybridized carbons (Fsp3) is 0.793. The van der Waals surface area contributed by atoms with Gasteiger partial charge in [0.2, 0.25) is 0 Å². The number of aryl methyl sites for hydroxylation is 1. The second-order valence-electron chi connectivity index (χ2n) is 10.6. The zero-order valence-corrected chi connectivity index (χ0v) is 20.6. The molecule has 0 spiro atoms. The Bertz CT molecular complexity index is 638. The van der Waals surface area contributed by atoms with Crippen LogP contribution in [0.1, 0.15) is 127 Å². The van der Waals surface area contributed by atoms with Crippen molar-refractivity contribution in [3.8, 4) is 5.75 Å². The van der Waals surface area contributed by atoms with E-state index in [0.29, 0.717) is 11.7 Å². The van der Waals surface area contributed by atoms with Crippen LogP contribution in [0, 0.1) is 23.6 Å². The van der Waals surface area contributed by atoms with Crippen LogP contribution >= 0.6 is 0 Å². The Morgan fingerprint density at radius 2 is 1.39 bits per heavy atom. The van der Waals surface area contributed by atoms with Gasteiger partial charge in [0, 0.05) is 5.56 Å². The fourth-order valence-electron chi connectivity index (χ4n) is 6.36. The average Bonchev–Trinajstić information content (AvgIpc) is 2.80. The first-order valence-electron chi connectivity index (χ1n) is 13.5.